The highest BCUT2D eigenvalue weighted by molar-refractivity contribution is 8.00. The molecule has 0 unspecified atom stereocenters. The van der Waals surface area contributed by atoms with Crippen LogP contribution in [0.2, 0.25) is 0 Å². The third kappa shape index (κ3) is 5.04. The highest BCUT2D eigenvalue weighted by Gasteiger charge is 2.38. The minimum absolute atomic E-state index is 0.0173. The maximum Gasteiger partial charge on any atom is 0.416 e. The van der Waals surface area contributed by atoms with Crippen molar-refractivity contribution in [3.63, 3.8) is 0 Å². The summed E-state index contributed by atoms with van der Waals surface area (Å²) in [5, 5.41) is 0. The van der Waals surface area contributed by atoms with E-state index in [2.05, 4.69) is 0 Å². The molecule has 0 spiro atoms. The van der Waals surface area contributed by atoms with Gasteiger partial charge in [-0.3, -0.25) is 4.90 Å². The molecule has 162 valence electrons. The first-order valence-electron chi connectivity index (χ1n) is 8.73. The summed E-state index contributed by atoms with van der Waals surface area (Å²) in [5.74, 6) is 0. The highest BCUT2D eigenvalue weighted by atomic mass is 32.2. The van der Waals surface area contributed by atoms with Gasteiger partial charge in [-0.2, -0.15) is 26.3 Å². The summed E-state index contributed by atoms with van der Waals surface area (Å²) in [4.78, 5) is 1.36. The molecule has 3 nitrogen and oxygen atoms in total. The summed E-state index contributed by atoms with van der Waals surface area (Å²) in [6, 6.07) is 10.1. The molecule has 0 radical (unpaired) electrons. The number of alkyl halides is 6. The summed E-state index contributed by atoms with van der Waals surface area (Å²) >= 11 is 0. The van der Waals surface area contributed by atoms with Gasteiger partial charge in [0.2, 0.25) is 0 Å². The number of rotatable bonds is 4. The van der Waals surface area contributed by atoms with Gasteiger partial charge in [0.1, 0.15) is 0 Å². The lowest BCUT2D eigenvalue weighted by atomic mass is 9.99. The molecule has 0 atom stereocenters. The molecule has 0 amide bonds. The Morgan fingerprint density at radius 3 is 1.83 bits per heavy atom. The minimum atomic E-state index is -5.05. The molecule has 1 fully saturated rings. The van der Waals surface area contributed by atoms with Gasteiger partial charge in [0, 0.05) is 25.9 Å². The Kier molecular flexibility index (Phi) is 5.76. The quantitative estimate of drug-likeness (QED) is 0.617. The molecule has 3 rings (SSSR count). The van der Waals surface area contributed by atoms with Crippen molar-refractivity contribution in [2.24, 2.45) is 0 Å². The Labute approximate surface area is 169 Å². The van der Waals surface area contributed by atoms with E-state index in [1.54, 1.807) is 0 Å². The predicted octanol–water partition coefficient (Wildman–Crippen LogP) is 5.00. The van der Waals surface area contributed by atoms with Crippen LogP contribution in [0, 0.1) is 0 Å². The largest absolute Gasteiger partial charge is 0.416 e. The standard InChI is InChI=1S/C20H17F6NO2S/c1-30(28,29)18(15-11-27(12-15)10-13-5-3-2-4-6-13)14-7-16(19(21,22)23)9-17(8-14)20(24,25)26/h2-9H,10-12H2,1H3. The van der Waals surface area contributed by atoms with Gasteiger partial charge in [-0.1, -0.05) is 30.3 Å². The molecule has 0 bridgehead atoms. The van der Waals surface area contributed by atoms with E-state index in [1.807, 2.05) is 35.2 Å². The van der Waals surface area contributed by atoms with E-state index >= 15 is 0 Å². The molecule has 2 aromatic rings. The van der Waals surface area contributed by atoms with Crippen LogP contribution in [-0.2, 0) is 28.7 Å². The van der Waals surface area contributed by atoms with Crippen LogP contribution in [0.5, 0.6) is 0 Å². The van der Waals surface area contributed by atoms with Crippen molar-refractivity contribution >= 4 is 14.7 Å². The topological polar surface area (TPSA) is 37.4 Å². The second-order valence-electron chi connectivity index (χ2n) is 7.13. The Bertz CT molecular complexity index is 1030. The van der Waals surface area contributed by atoms with Crippen LogP contribution in [0.4, 0.5) is 26.3 Å². The zero-order valence-corrected chi connectivity index (χ0v) is 16.5. The van der Waals surface area contributed by atoms with Gasteiger partial charge in [0.25, 0.3) is 0 Å². The van der Waals surface area contributed by atoms with Crippen LogP contribution in [0.3, 0.4) is 0 Å². The lowest BCUT2D eigenvalue weighted by Crippen LogP contribution is -2.40. The van der Waals surface area contributed by atoms with E-state index < -0.39 is 43.8 Å². The molecule has 0 aliphatic carbocycles. The lowest BCUT2D eigenvalue weighted by Gasteiger charge is -2.36. The predicted molar refractivity (Wildman–Crippen MR) is 99.9 cm³/mol. The summed E-state index contributed by atoms with van der Waals surface area (Å²) in [5.41, 5.74) is -2.46. The average Bonchev–Trinajstić information content (AvgIpc) is 2.58. The highest BCUT2D eigenvalue weighted by Crippen LogP contribution is 2.40. The van der Waals surface area contributed by atoms with Crippen molar-refractivity contribution < 1.29 is 34.8 Å². The molecule has 10 heteroatoms. The van der Waals surface area contributed by atoms with Crippen LogP contribution in [0.1, 0.15) is 22.3 Å². The Balaban J connectivity index is 2.02. The van der Waals surface area contributed by atoms with Crippen molar-refractivity contribution in [1.82, 2.24) is 4.90 Å². The van der Waals surface area contributed by atoms with Gasteiger partial charge < -0.3 is 0 Å². The average molecular weight is 449 g/mol. The second kappa shape index (κ2) is 7.73. The van der Waals surface area contributed by atoms with Gasteiger partial charge in [0.05, 0.1) is 16.0 Å². The molecule has 0 N–H and O–H groups in total. The van der Waals surface area contributed by atoms with E-state index in [0.29, 0.717) is 18.7 Å². The molecule has 1 saturated heterocycles. The maximum absolute atomic E-state index is 13.2. The van der Waals surface area contributed by atoms with E-state index in [-0.39, 0.29) is 24.7 Å². The molecule has 0 saturated carbocycles. The number of hydrogen-bond acceptors (Lipinski definition) is 3. The normalized spacial score (nSPS) is 15.8. The van der Waals surface area contributed by atoms with Crippen LogP contribution in [0.25, 0.3) is 4.91 Å². The van der Waals surface area contributed by atoms with E-state index in [4.69, 9.17) is 0 Å². The van der Waals surface area contributed by atoms with Crippen molar-refractivity contribution in [1.29, 1.82) is 0 Å². The van der Waals surface area contributed by atoms with Crippen molar-refractivity contribution in [2.75, 3.05) is 19.3 Å². The fraction of sp³-hybridized carbons (Fsp3) is 0.300. The second-order valence-corrected chi connectivity index (χ2v) is 9.08. The molecule has 1 aliphatic heterocycles. The van der Waals surface area contributed by atoms with Crippen molar-refractivity contribution in [3.8, 4) is 0 Å². The van der Waals surface area contributed by atoms with Gasteiger partial charge in [-0.15, -0.1) is 0 Å². The van der Waals surface area contributed by atoms with Gasteiger partial charge in [-0.25, -0.2) is 8.42 Å². The SMILES string of the molecule is CS(=O)(=O)C(=C1CN(Cc2ccccc2)C1)c1cc(C(F)(F)F)cc(C(F)(F)F)c1. The fourth-order valence-electron chi connectivity index (χ4n) is 3.36. The minimum Gasteiger partial charge on any atom is -0.291 e. The Morgan fingerprint density at radius 1 is 0.900 bits per heavy atom. The number of benzene rings is 2. The smallest absolute Gasteiger partial charge is 0.291 e. The molecular formula is C20H17F6NO2S. The van der Waals surface area contributed by atoms with Crippen molar-refractivity contribution in [3.05, 3.63) is 76.4 Å². The van der Waals surface area contributed by atoms with Crippen LogP contribution in [-0.4, -0.2) is 32.7 Å². The summed E-state index contributed by atoms with van der Waals surface area (Å²) in [6.45, 7) is 0.752. The Hall–Kier alpha value is -2.33. The van der Waals surface area contributed by atoms with Gasteiger partial charge in [-0.05, 0) is 34.9 Å². The third-order valence-electron chi connectivity index (χ3n) is 4.62. The van der Waals surface area contributed by atoms with E-state index in [1.165, 1.54) is 0 Å². The van der Waals surface area contributed by atoms with Crippen molar-refractivity contribution in [2.45, 2.75) is 18.9 Å². The molecular weight excluding hydrogens is 432 g/mol. The summed E-state index contributed by atoms with van der Waals surface area (Å²) in [6.07, 6.45) is -9.33. The number of sulfone groups is 1. The first-order chi connectivity index (χ1) is 13.7. The van der Waals surface area contributed by atoms with E-state index in [0.717, 1.165) is 11.8 Å². The summed E-state index contributed by atoms with van der Waals surface area (Å²) in [7, 11) is -4.08. The summed E-state index contributed by atoms with van der Waals surface area (Å²) < 4.78 is 104. The zero-order chi connectivity index (χ0) is 22.3. The van der Waals surface area contributed by atoms with Crippen LogP contribution >= 0.6 is 0 Å². The number of likely N-dealkylation sites (tertiary alicyclic amines) is 1. The third-order valence-corrected chi connectivity index (χ3v) is 5.89. The van der Waals surface area contributed by atoms with Gasteiger partial charge >= 0.3 is 12.4 Å². The maximum atomic E-state index is 13.2. The Morgan fingerprint density at radius 2 is 1.40 bits per heavy atom. The number of nitrogens with zero attached hydrogens (tertiary/aromatic N) is 1. The molecule has 1 aliphatic rings. The lowest BCUT2D eigenvalue weighted by molar-refractivity contribution is -0.143. The monoisotopic (exact) mass is 449 g/mol. The van der Waals surface area contributed by atoms with Crippen LogP contribution < -0.4 is 0 Å². The van der Waals surface area contributed by atoms with Crippen LogP contribution in [0.15, 0.2) is 54.1 Å². The fourth-order valence-corrected chi connectivity index (χ4v) is 4.56. The molecule has 1 heterocycles. The zero-order valence-electron chi connectivity index (χ0n) is 15.7. The first kappa shape index (κ1) is 22.4. The molecule has 2 aromatic carbocycles. The molecule has 30 heavy (non-hydrogen) atoms. The van der Waals surface area contributed by atoms with Gasteiger partial charge in [0.15, 0.2) is 9.84 Å². The first-order valence-corrected chi connectivity index (χ1v) is 10.6. The molecule has 0 aromatic heterocycles. The van der Waals surface area contributed by atoms with E-state index in [9.17, 15) is 34.8 Å². The number of hydrogen-bond donors (Lipinski definition) is 0. The number of halogens is 6.